The van der Waals surface area contributed by atoms with Crippen LogP contribution >= 0.6 is 0 Å². The number of rotatable bonds is 6. The van der Waals surface area contributed by atoms with Crippen LogP contribution in [0.3, 0.4) is 0 Å². The molecular weight excluding hydrogens is 316 g/mol. The fourth-order valence-corrected chi connectivity index (χ4v) is 2.43. The second-order valence-electron chi connectivity index (χ2n) is 5.70. The van der Waals surface area contributed by atoms with Gasteiger partial charge in [-0.05, 0) is 43.2 Å². The van der Waals surface area contributed by atoms with E-state index in [1.165, 1.54) is 5.56 Å². The first kappa shape index (κ1) is 18.4. The summed E-state index contributed by atoms with van der Waals surface area (Å²) in [6, 6.07) is 13.2. The Morgan fingerprint density at radius 2 is 1.84 bits per heavy atom. The molecule has 1 unspecified atom stereocenters. The van der Waals surface area contributed by atoms with Crippen LogP contribution in [-0.4, -0.2) is 20.3 Å². The largest absolute Gasteiger partial charge is 0.493 e. The third-order valence-electron chi connectivity index (χ3n) is 3.79. The van der Waals surface area contributed by atoms with Gasteiger partial charge in [-0.25, -0.2) is 4.79 Å². The van der Waals surface area contributed by atoms with Crippen molar-refractivity contribution in [2.45, 2.75) is 19.9 Å². The number of amides is 2. The maximum absolute atomic E-state index is 12.0. The smallest absolute Gasteiger partial charge is 0.319 e. The Morgan fingerprint density at radius 1 is 1.08 bits per heavy atom. The molecule has 2 aromatic carbocycles. The molecule has 2 rings (SSSR count). The number of hydrogen-bond acceptors (Lipinski definition) is 3. The van der Waals surface area contributed by atoms with E-state index >= 15 is 0 Å². The molecule has 0 heterocycles. The van der Waals surface area contributed by atoms with Crippen molar-refractivity contribution < 1.29 is 14.3 Å². The molecule has 5 heteroatoms. The Labute approximate surface area is 148 Å². The van der Waals surface area contributed by atoms with Crippen LogP contribution in [0.5, 0.6) is 11.5 Å². The highest BCUT2D eigenvalue weighted by Gasteiger charge is 2.12. The summed E-state index contributed by atoms with van der Waals surface area (Å²) in [6.45, 7) is 3.94. The molecule has 0 aliphatic heterocycles. The molecule has 0 aromatic heterocycles. The van der Waals surface area contributed by atoms with Crippen molar-refractivity contribution >= 4 is 12.1 Å². The average Bonchev–Trinajstić information content (AvgIpc) is 2.61. The Hall–Kier alpha value is -2.95. The van der Waals surface area contributed by atoms with Crippen LogP contribution in [0.4, 0.5) is 4.79 Å². The van der Waals surface area contributed by atoms with Crippen molar-refractivity contribution in [1.82, 2.24) is 10.6 Å². The van der Waals surface area contributed by atoms with Gasteiger partial charge in [-0.1, -0.05) is 35.9 Å². The van der Waals surface area contributed by atoms with Gasteiger partial charge in [-0.3, -0.25) is 0 Å². The van der Waals surface area contributed by atoms with E-state index in [-0.39, 0.29) is 12.1 Å². The van der Waals surface area contributed by atoms with Crippen molar-refractivity contribution in [3.8, 4) is 11.5 Å². The van der Waals surface area contributed by atoms with Gasteiger partial charge in [0, 0.05) is 6.20 Å². The van der Waals surface area contributed by atoms with E-state index in [1.807, 2.05) is 62.4 Å². The second kappa shape index (κ2) is 8.78. The summed E-state index contributed by atoms with van der Waals surface area (Å²) in [5, 5.41) is 5.60. The molecule has 1 atom stereocenters. The Kier molecular flexibility index (Phi) is 6.46. The van der Waals surface area contributed by atoms with Crippen LogP contribution in [0.1, 0.15) is 29.7 Å². The third-order valence-corrected chi connectivity index (χ3v) is 3.79. The first-order valence-electron chi connectivity index (χ1n) is 8.05. The third kappa shape index (κ3) is 5.28. The molecule has 132 valence electrons. The Balaban J connectivity index is 1.93. The van der Waals surface area contributed by atoms with Gasteiger partial charge in [-0.2, -0.15) is 0 Å². The van der Waals surface area contributed by atoms with Crippen LogP contribution < -0.4 is 20.1 Å². The van der Waals surface area contributed by atoms with E-state index in [0.29, 0.717) is 11.5 Å². The quantitative estimate of drug-likeness (QED) is 0.834. The zero-order valence-corrected chi connectivity index (χ0v) is 15.0. The minimum atomic E-state index is -0.272. The molecular formula is C20H24N2O3. The van der Waals surface area contributed by atoms with E-state index in [0.717, 1.165) is 11.1 Å². The topological polar surface area (TPSA) is 59.6 Å². The maximum Gasteiger partial charge on any atom is 0.319 e. The summed E-state index contributed by atoms with van der Waals surface area (Å²) in [5.41, 5.74) is 3.14. The van der Waals surface area contributed by atoms with Crippen LogP contribution in [-0.2, 0) is 0 Å². The number of aryl methyl sites for hydroxylation is 1. The first-order valence-corrected chi connectivity index (χ1v) is 8.05. The van der Waals surface area contributed by atoms with E-state index in [9.17, 15) is 4.79 Å². The predicted octanol–water partition coefficient (Wildman–Crippen LogP) is 4.04. The van der Waals surface area contributed by atoms with E-state index in [1.54, 1.807) is 20.4 Å². The molecule has 25 heavy (non-hydrogen) atoms. The fourth-order valence-electron chi connectivity index (χ4n) is 2.43. The van der Waals surface area contributed by atoms with E-state index in [2.05, 4.69) is 10.6 Å². The van der Waals surface area contributed by atoms with Gasteiger partial charge < -0.3 is 20.1 Å². The lowest BCUT2D eigenvalue weighted by molar-refractivity contribution is 0.241. The Morgan fingerprint density at radius 3 is 2.52 bits per heavy atom. The highest BCUT2D eigenvalue weighted by atomic mass is 16.5. The molecule has 0 saturated carbocycles. The van der Waals surface area contributed by atoms with E-state index in [4.69, 9.17) is 9.47 Å². The van der Waals surface area contributed by atoms with Gasteiger partial charge in [0.25, 0.3) is 0 Å². The van der Waals surface area contributed by atoms with Crippen molar-refractivity contribution in [2.24, 2.45) is 0 Å². The second-order valence-corrected chi connectivity index (χ2v) is 5.70. The Bertz CT molecular complexity index is 756. The van der Waals surface area contributed by atoms with Crippen LogP contribution in [0.2, 0.25) is 0 Å². The lowest BCUT2D eigenvalue weighted by Crippen LogP contribution is -2.34. The van der Waals surface area contributed by atoms with Crippen LogP contribution in [0.15, 0.2) is 48.7 Å². The van der Waals surface area contributed by atoms with Crippen molar-refractivity contribution in [3.05, 3.63) is 65.4 Å². The first-order chi connectivity index (χ1) is 12.0. The minimum Gasteiger partial charge on any atom is -0.493 e. The highest BCUT2D eigenvalue weighted by Crippen LogP contribution is 2.29. The highest BCUT2D eigenvalue weighted by molar-refractivity contribution is 5.76. The SMILES string of the molecule is COc1ccc(C(C)NC(=O)N/C=C/c2cccc(C)c2)cc1OC. The number of methoxy groups -OCH3 is 2. The zero-order chi connectivity index (χ0) is 18.2. The lowest BCUT2D eigenvalue weighted by Gasteiger charge is -2.16. The summed E-state index contributed by atoms with van der Waals surface area (Å²) < 4.78 is 10.5. The molecule has 0 aliphatic carbocycles. The van der Waals surface area contributed by atoms with Gasteiger partial charge in [0.1, 0.15) is 0 Å². The number of carbonyl (C=O) groups excluding carboxylic acids is 1. The monoisotopic (exact) mass is 340 g/mol. The summed E-state index contributed by atoms with van der Waals surface area (Å²) in [4.78, 5) is 12.0. The van der Waals surface area contributed by atoms with Gasteiger partial charge in [-0.15, -0.1) is 0 Å². The number of hydrogen-bond donors (Lipinski definition) is 2. The van der Waals surface area contributed by atoms with E-state index < -0.39 is 0 Å². The molecule has 5 nitrogen and oxygen atoms in total. The standard InChI is InChI=1S/C20H24N2O3/c1-14-6-5-7-16(12-14)10-11-21-20(23)22-15(2)17-8-9-18(24-3)19(13-17)25-4/h5-13,15H,1-4H3,(H2,21,22,23)/b11-10+. The summed E-state index contributed by atoms with van der Waals surface area (Å²) in [7, 11) is 3.18. The van der Waals surface area contributed by atoms with Gasteiger partial charge in [0.05, 0.1) is 20.3 Å². The van der Waals surface area contributed by atoms with Crippen molar-refractivity contribution in [3.63, 3.8) is 0 Å². The van der Waals surface area contributed by atoms with Crippen LogP contribution in [0.25, 0.3) is 6.08 Å². The number of nitrogens with one attached hydrogen (secondary N) is 2. The minimum absolute atomic E-state index is 0.174. The molecule has 2 amide bonds. The lowest BCUT2D eigenvalue weighted by atomic mass is 10.1. The maximum atomic E-state index is 12.0. The molecule has 0 bridgehead atoms. The molecule has 0 saturated heterocycles. The van der Waals surface area contributed by atoms with Crippen molar-refractivity contribution in [2.75, 3.05) is 14.2 Å². The molecule has 2 aromatic rings. The molecule has 0 fully saturated rings. The fraction of sp³-hybridized carbons (Fsp3) is 0.250. The number of carbonyl (C=O) groups is 1. The summed E-state index contributed by atoms with van der Waals surface area (Å²) in [6.07, 6.45) is 3.49. The molecule has 0 spiro atoms. The van der Waals surface area contributed by atoms with Crippen molar-refractivity contribution in [1.29, 1.82) is 0 Å². The molecule has 2 N–H and O–H groups in total. The molecule has 0 aliphatic rings. The predicted molar refractivity (Wildman–Crippen MR) is 99.8 cm³/mol. The number of benzene rings is 2. The zero-order valence-electron chi connectivity index (χ0n) is 15.0. The number of ether oxygens (including phenoxy) is 2. The van der Waals surface area contributed by atoms with Gasteiger partial charge in [0.2, 0.25) is 0 Å². The van der Waals surface area contributed by atoms with Crippen LogP contribution in [0, 0.1) is 6.92 Å². The normalized spacial score (nSPS) is 11.8. The summed E-state index contributed by atoms with van der Waals surface area (Å²) in [5.74, 6) is 1.29. The van der Waals surface area contributed by atoms with Gasteiger partial charge in [0.15, 0.2) is 11.5 Å². The number of urea groups is 1. The van der Waals surface area contributed by atoms with Gasteiger partial charge >= 0.3 is 6.03 Å². The summed E-state index contributed by atoms with van der Waals surface area (Å²) >= 11 is 0. The molecule has 0 radical (unpaired) electrons. The average molecular weight is 340 g/mol.